The topological polar surface area (TPSA) is 84.3 Å². The van der Waals surface area contributed by atoms with E-state index in [1.807, 2.05) is 31.2 Å². The SMILES string of the molecule is CCc1ccccc1NC(=O)CN(C)C(=O)c1sc2ncn(C)c(=O)c2c1C. The van der Waals surface area contributed by atoms with Crippen LogP contribution in [-0.2, 0) is 18.3 Å². The molecule has 0 atom stereocenters. The van der Waals surface area contributed by atoms with E-state index in [0.29, 0.717) is 20.7 Å². The van der Waals surface area contributed by atoms with Crippen LogP contribution in [0.3, 0.4) is 0 Å². The highest BCUT2D eigenvalue weighted by molar-refractivity contribution is 7.20. The fraction of sp³-hybridized carbons (Fsp3) is 0.300. The molecule has 28 heavy (non-hydrogen) atoms. The largest absolute Gasteiger partial charge is 0.332 e. The Morgan fingerprint density at radius 1 is 1.29 bits per heavy atom. The van der Waals surface area contributed by atoms with Crippen molar-refractivity contribution in [2.45, 2.75) is 20.3 Å². The number of likely N-dealkylation sites (N-methyl/N-ethyl adjacent to an activating group) is 1. The van der Waals surface area contributed by atoms with Gasteiger partial charge in [0.15, 0.2) is 0 Å². The van der Waals surface area contributed by atoms with Crippen molar-refractivity contribution in [3.63, 3.8) is 0 Å². The molecule has 7 nitrogen and oxygen atoms in total. The first kappa shape index (κ1) is 19.8. The van der Waals surface area contributed by atoms with Gasteiger partial charge in [-0.15, -0.1) is 11.3 Å². The number of benzene rings is 1. The highest BCUT2D eigenvalue weighted by Gasteiger charge is 2.23. The molecule has 1 aromatic carbocycles. The van der Waals surface area contributed by atoms with E-state index in [9.17, 15) is 14.4 Å². The molecule has 3 rings (SSSR count). The lowest BCUT2D eigenvalue weighted by atomic mass is 10.1. The maximum atomic E-state index is 12.9. The summed E-state index contributed by atoms with van der Waals surface area (Å²) in [4.78, 5) is 44.2. The van der Waals surface area contributed by atoms with Crippen LogP contribution in [0.5, 0.6) is 0 Å². The molecule has 2 heterocycles. The normalized spacial score (nSPS) is 10.9. The second-order valence-corrected chi connectivity index (χ2v) is 7.62. The average molecular weight is 398 g/mol. The van der Waals surface area contributed by atoms with Gasteiger partial charge in [-0.3, -0.25) is 14.4 Å². The van der Waals surface area contributed by atoms with Gasteiger partial charge in [-0.1, -0.05) is 25.1 Å². The van der Waals surface area contributed by atoms with E-state index < -0.39 is 0 Å². The Morgan fingerprint density at radius 2 is 2.00 bits per heavy atom. The van der Waals surface area contributed by atoms with Gasteiger partial charge in [0.25, 0.3) is 11.5 Å². The van der Waals surface area contributed by atoms with Crippen LogP contribution in [0.2, 0.25) is 0 Å². The van der Waals surface area contributed by atoms with Crippen LogP contribution in [-0.4, -0.2) is 39.9 Å². The number of aryl methyl sites for hydroxylation is 3. The van der Waals surface area contributed by atoms with Gasteiger partial charge in [0.05, 0.1) is 23.1 Å². The molecular formula is C20H22N4O3S. The molecule has 0 aliphatic carbocycles. The van der Waals surface area contributed by atoms with Crippen LogP contribution in [0.4, 0.5) is 5.69 Å². The molecule has 3 aromatic rings. The van der Waals surface area contributed by atoms with Crippen LogP contribution in [0.15, 0.2) is 35.4 Å². The molecule has 0 bridgehead atoms. The Bertz CT molecular complexity index is 1120. The fourth-order valence-corrected chi connectivity index (χ4v) is 4.15. The standard InChI is InChI=1S/C20H22N4O3S/c1-5-13-8-6-7-9-14(13)22-15(25)10-23(3)20(27)17-12(2)16-18(28-17)21-11-24(4)19(16)26/h6-9,11H,5,10H2,1-4H3,(H,22,25). The lowest BCUT2D eigenvalue weighted by molar-refractivity contribution is -0.116. The van der Waals surface area contributed by atoms with Crippen LogP contribution < -0.4 is 10.9 Å². The highest BCUT2D eigenvalue weighted by atomic mass is 32.1. The number of carbonyl (C=O) groups is 2. The molecular weight excluding hydrogens is 376 g/mol. The number of nitrogens with zero attached hydrogens (tertiary/aromatic N) is 3. The maximum absolute atomic E-state index is 12.9. The number of amides is 2. The molecule has 0 aliphatic rings. The summed E-state index contributed by atoms with van der Waals surface area (Å²) in [6.07, 6.45) is 2.24. The number of anilines is 1. The van der Waals surface area contributed by atoms with E-state index in [0.717, 1.165) is 17.7 Å². The Hall–Kier alpha value is -3.00. The predicted octanol–water partition coefficient (Wildman–Crippen LogP) is 2.58. The summed E-state index contributed by atoms with van der Waals surface area (Å²) in [7, 11) is 3.20. The van der Waals surface area contributed by atoms with Gasteiger partial charge in [-0.2, -0.15) is 0 Å². The number of nitrogens with one attached hydrogen (secondary N) is 1. The third-order valence-corrected chi connectivity index (χ3v) is 5.79. The summed E-state index contributed by atoms with van der Waals surface area (Å²) in [5.41, 5.74) is 2.20. The Labute approximate surface area is 166 Å². The zero-order valence-electron chi connectivity index (χ0n) is 16.3. The van der Waals surface area contributed by atoms with Gasteiger partial charge >= 0.3 is 0 Å². The summed E-state index contributed by atoms with van der Waals surface area (Å²) in [5.74, 6) is -0.578. The molecule has 2 aromatic heterocycles. The number of carbonyl (C=O) groups excluding carboxylic acids is 2. The molecule has 8 heteroatoms. The number of rotatable bonds is 5. The summed E-state index contributed by atoms with van der Waals surface area (Å²) in [5, 5.41) is 3.31. The van der Waals surface area contributed by atoms with E-state index in [4.69, 9.17) is 0 Å². The van der Waals surface area contributed by atoms with Gasteiger partial charge in [0.2, 0.25) is 5.91 Å². The Morgan fingerprint density at radius 3 is 2.71 bits per heavy atom. The van der Waals surface area contributed by atoms with E-state index in [-0.39, 0.29) is 23.9 Å². The second-order valence-electron chi connectivity index (χ2n) is 6.62. The lowest BCUT2D eigenvalue weighted by Gasteiger charge is -2.17. The number of thiophene rings is 1. The number of hydrogen-bond acceptors (Lipinski definition) is 5. The monoisotopic (exact) mass is 398 g/mol. The minimum atomic E-state index is -0.304. The van der Waals surface area contributed by atoms with Crippen molar-refractivity contribution in [3.8, 4) is 0 Å². The highest BCUT2D eigenvalue weighted by Crippen LogP contribution is 2.27. The molecule has 0 saturated heterocycles. The Balaban J connectivity index is 1.79. The van der Waals surface area contributed by atoms with Crippen LogP contribution in [0.1, 0.15) is 27.7 Å². The van der Waals surface area contributed by atoms with Crippen molar-refractivity contribution in [1.82, 2.24) is 14.5 Å². The number of hydrogen-bond donors (Lipinski definition) is 1. The van der Waals surface area contributed by atoms with E-state index in [1.54, 1.807) is 21.0 Å². The van der Waals surface area contributed by atoms with Gasteiger partial charge in [-0.05, 0) is 30.5 Å². The number of aromatic nitrogens is 2. The van der Waals surface area contributed by atoms with E-state index in [1.165, 1.54) is 27.1 Å². The number of fused-ring (bicyclic) bond motifs is 1. The molecule has 0 radical (unpaired) electrons. The lowest BCUT2D eigenvalue weighted by Crippen LogP contribution is -2.35. The summed E-state index contributed by atoms with van der Waals surface area (Å²) in [6.45, 7) is 3.67. The van der Waals surface area contributed by atoms with Crippen LogP contribution >= 0.6 is 11.3 Å². The van der Waals surface area contributed by atoms with Crippen molar-refractivity contribution >= 4 is 39.1 Å². The second kappa shape index (κ2) is 7.93. The molecule has 2 amide bonds. The average Bonchev–Trinajstić information content (AvgIpc) is 3.01. The van der Waals surface area contributed by atoms with Gasteiger partial charge < -0.3 is 14.8 Å². The first-order chi connectivity index (χ1) is 13.3. The van der Waals surface area contributed by atoms with Gasteiger partial charge in [0, 0.05) is 19.8 Å². The van der Waals surface area contributed by atoms with Crippen molar-refractivity contribution in [2.75, 3.05) is 18.9 Å². The first-order valence-electron chi connectivity index (χ1n) is 8.91. The predicted molar refractivity (Wildman–Crippen MR) is 111 cm³/mol. The van der Waals surface area contributed by atoms with E-state index in [2.05, 4.69) is 10.3 Å². The molecule has 0 aliphatic heterocycles. The first-order valence-corrected chi connectivity index (χ1v) is 9.73. The molecule has 146 valence electrons. The summed E-state index contributed by atoms with van der Waals surface area (Å²) >= 11 is 1.17. The maximum Gasteiger partial charge on any atom is 0.264 e. The van der Waals surface area contributed by atoms with Crippen LogP contribution in [0.25, 0.3) is 10.2 Å². The Kier molecular flexibility index (Phi) is 5.60. The zero-order valence-corrected chi connectivity index (χ0v) is 17.1. The third kappa shape index (κ3) is 3.68. The van der Waals surface area contributed by atoms with Crippen molar-refractivity contribution in [1.29, 1.82) is 0 Å². The van der Waals surface area contributed by atoms with Gasteiger partial charge in [0.1, 0.15) is 4.83 Å². The minimum absolute atomic E-state index is 0.0873. The molecule has 1 N–H and O–H groups in total. The van der Waals surface area contributed by atoms with Gasteiger partial charge in [-0.25, -0.2) is 4.98 Å². The third-order valence-electron chi connectivity index (χ3n) is 4.60. The number of para-hydroxylation sites is 1. The molecule has 0 spiro atoms. The molecule has 0 saturated carbocycles. The molecule has 0 unspecified atom stereocenters. The van der Waals surface area contributed by atoms with E-state index >= 15 is 0 Å². The smallest absolute Gasteiger partial charge is 0.264 e. The molecule has 0 fully saturated rings. The fourth-order valence-electron chi connectivity index (χ4n) is 3.01. The minimum Gasteiger partial charge on any atom is -0.332 e. The zero-order chi connectivity index (χ0) is 20.4. The summed E-state index contributed by atoms with van der Waals surface area (Å²) in [6, 6.07) is 7.58. The van der Waals surface area contributed by atoms with Crippen molar-refractivity contribution in [2.24, 2.45) is 7.05 Å². The summed E-state index contributed by atoms with van der Waals surface area (Å²) < 4.78 is 1.39. The van der Waals surface area contributed by atoms with Crippen molar-refractivity contribution in [3.05, 3.63) is 57.0 Å². The quantitative estimate of drug-likeness (QED) is 0.716. The van der Waals surface area contributed by atoms with Crippen LogP contribution in [0, 0.1) is 6.92 Å². The van der Waals surface area contributed by atoms with Crippen molar-refractivity contribution < 1.29 is 9.59 Å².